The molecule has 1 aliphatic rings. The number of anilines is 1. The lowest BCUT2D eigenvalue weighted by Gasteiger charge is -2.21. The van der Waals surface area contributed by atoms with Gasteiger partial charge in [0.25, 0.3) is 11.8 Å². The van der Waals surface area contributed by atoms with Gasteiger partial charge in [0.2, 0.25) is 0 Å². The van der Waals surface area contributed by atoms with E-state index in [-0.39, 0.29) is 17.4 Å². The van der Waals surface area contributed by atoms with Crippen molar-refractivity contribution in [3.05, 3.63) is 46.3 Å². The van der Waals surface area contributed by atoms with Crippen LogP contribution in [0.1, 0.15) is 67.5 Å². The van der Waals surface area contributed by atoms with Crippen LogP contribution in [0, 0.1) is 13.8 Å². The fourth-order valence-electron chi connectivity index (χ4n) is 4.09. The summed E-state index contributed by atoms with van der Waals surface area (Å²) >= 11 is 0. The number of hydrogen-bond acceptors (Lipinski definition) is 4. The fraction of sp³-hybridized carbons (Fsp3) is 0.462. The molecule has 0 saturated carbocycles. The van der Waals surface area contributed by atoms with Gasteiger partial charge in [-0.05, 0) is 77.5 Å². The van der Waals surface area contributed by atoms with Crippen molar-refractivity contribution in [2.24, 2.45) is 0 Å². The molecule has 0 spiro atoms. The van der Waals surface area contributed by atoms with Gasteiger partial charge in [-0.15, -0.1) is 0 Å². The lowest BCUT2D eigenvalue weighted by atomic mass is 10.0. The Labute approximate surface area is 196 Å². The summed E-state index contributed by atoms with van der Waals surface area (Å²) < 4.78 is 5.98. The molecule has 1 aromatic carbocycles. The largest absolute Gasteiger partial charge is 0.488 e. The van der Waals surface area contributed by atoms with Gasteiger partial charge in [-0.25, -0.2) is 0 Å². The lowest BCUT2D eigenvalue weighted by molar-refractivity contribution is -0.110. The molecule has 0 unspecified atom stereocenters. The summed E-state index contributed by atoms with van der Waals surface area (Å²) in [5, 5.41) is 5.93. The Morgan fingerprint density at radius 1 is 1.18 bits per heavy atom. The molecule has 0 aliphatic carbocycles. The van der Waals surface area contributed by atoms with E-state index in [1.165, 1.54) is 0 Å². The van der Waals surface area contributed by atoms with E-state index in [4.69, 9.17) is 4.74 Å². The smallest absolute Gasteiger partial charge is 0.256 e. The Hall–Kier alpha value is -3.06. The van der Waals surface area contributed by atoms with Crippen LogP contribution >= 0.6 is 0 Å². The van der Waals surface area contributed by atoms with E-state index in [1.807, 2.05) is 58.9 Å². The summed E-state index contributed by atoms with van der Waals surface area (Å²) in [5.41, 5.74) is 4.73. The summed E-state index contributed by atoms with van der Waals surface area (Å²) in [6, 6.07) is 5.60. The number of amides is 2. The third-order valence-electron chi connectivity index (χ3n) is 5.80. The van der Waals surface area contributed by atoms with Crippen LogP contribution in [0.25, 0.3) is 11.6 Å². The van der Waals surface area contributed by atoms with E-state index in [2.05, 4.69) is 34.4 Å². The number of carbonyl (C=O) groups is 2. The Kier molecular flexibility index (Phi) is 7.32. The molecular formula is C26H36N4O3. The maximum absolute atomic E-state index is 12.9. The van der Waals surface area contributed by atoms with Crippen LogP contribution < -0.4 is 15.4 Å². The predicted octanol–water partition coefficient (Wildman–Crippen LogP) is 4.37. The third-order valence-corrected chi connectivity index (χ3v) is 5.80. The summed E-state index contributed by atoms with van der Waals surface area (Å²) in [7, 11) is 0. The number of likely N-dealkylation sites (N-methyl/N-ethyl adjacent to an activating group) is 1. The molecule has 2 heterocycles. The van der Waals surface area contributed by atoms with Crippen LogP contribution in [0.5, 0.6) is 5.75 Å². The summed E-state index contributed by atoms with van der Waals surface area (Å²) in [4.78, 5) is 31.1. The second-order valence-electron chi connectivity index (χ2n) is 9.38. The number of fused-ring (bicyclic) bond motifs is 1. The quantitative estimate of drug-likeness (QED) is 0.519. The molecule has 0 atom stereocenters. The second kappa shape index (κ2) is 9.83. The average molecular weight is 453 g/mol. The van der Waals surface area contributed by atoms with Crippen LogP contribution in [-0.2, 0) is 4.79 Å². The van der Waals surface area contributed by atoms with Crippen molar-refractivity contribution < 1.29 is 14.3 Å². The van der Waals surface area contributed by atoms with Gasteiger partial charge < -0.3 is 25.3 Å². The molecular weight excluding hydrogens is 416 g/mol. The SMILES string of the molecule is CCN(CC)CCNC(=O)c1c(C)[nH]c(/C=C2\C(=O)Nc3ccc(OC(C)(C)C)cc32)c1C. The first-order valence-electron chi connectivity index (χ1n) is 11.6. The second-order valence-corrected chi connectivity index (χ2v) is 9.38. The first-order valence-corrected chi connectivity index (χ1v) is 11.6. The van der Waals surface area contributed by atoms with Gasteiger partial charge in [0.1, 0.15) is 11.4 Å². The molecule has 0 radical (unpaired) electrons. The van der Waals surface area contributed by atoms with E-state index in [9.17, 15) is 9.59 Å². The molecule has 3 rings (SSSR count). The van der Waals surface area contributed by atoms with E-state index in [0.717, 1.165) is 47.8 Å². The van der Waals surface area contributed by atoms with Gasteiger partial charge in [0.05, 0.1) is 11.1 Å². The highest BCUT2D eigenvalue weighted by Gasteiger charge is 2.27. The number of carbonyl (C=O) groups excluding carboxylic acids is 2. The molecule has 0 fully saturated rings. The van der Waals surface area contributed by atoms with Crippen LogP contribution in [0.2, 0.25) is 0 Å². The van der Waals surface area contributed by atoms with Crippen molar-refractivity contribution in [3.8, 4) is 5.75 Å². The number of benzene rings is 1. The van der Waals surface area contributed by atoms with Crippen LogP contribution in [-0.4, -0.2) is 53.5 Å². The van der Waals surface area contributed by atoms with E-state index >= 15 is 0 Å². The van der Waals surface area contributed by atoms with Crippen molar-refractivity contribution in [1.29, 1.82) is 0 Å². The van der Waals surface area contributed by atoms with Crippen LogP contribution in [0.3, 0.4) is 0 Å². The zero-order valence-electron chi connectivity index (χ0n) is 20.8. The molecule has 3 N–H and O–H groups in total. The van der Waals surface area contributed by atoms with Crippen LogP contribution in [0.15, 0.2) is 18.2 Å². The standard InChI is InChI=1S/C26H36N4O3/c1-8-30(9-2)13-12-27-25(32)23-16(3)22(28-17(23)4)15-20-19-14-18(33-26(5,6)7)10-11-21(19)29-24(20)31/h10-11,14-15,28H,8-9,12-13H2,1-7H3,(H,27,32)(H,29,31)/b20-15-. The maximum atomic E-state index is 12.9. The van der Waals surface area contributed by atoms with E-state index in [0.29, 0.717) is 23.4 Å². The third kappa shape index (κ3) is 5.66. The Morgan fingerprint density at radius 3 is 2.52 bits per heavy atom. The number of aryl methyl sites for hydroxylation is 1. The molecule has 1 aliphatic heterocycles. The van der Waals surface area contributed by atoms with Gasteiger partial charge >= 0.3 is 0 Å². The molecule has 0 saturated heterocycles. The summed E-state index contributed by atoms with van der Waals surface area (Å²) in [6.45, 7) is 17.3. The summed E-state index contributed by atoms with van der Waals surface area (Å²) in [6.07, 6.45) is 1.82. The minimum atomic E-state index is -0.338. The highest BCUT2D eigenvalue weighted by Crippen LogP contribution is 2.37. The molecule has 1 aromatic heterocycles. The number of H-pyrrole nitrogens is 1. The lowest BCUT2D eigenvalue weighted by Crippen LogP contribution is -2.35. The Balaban J connectivity index is 1.86. The number of nitrogens with zero attached hydrogens (tertiary/aromatic N) is 1. The molecule has 2 aromatic rings. The maximum Gasteiger partial charge on any atom is 0.256 e. The topological polar surface area (TPSA) is 86.5 Å². The van der Waals surface area contributed by atoms with Gasteiger partial charge in [0, 0.05) is 35.7 Å². The van der Waals surface area contributed by atoms with Crippen molar-refractivity contribution >= 4 is 29.2 Å². The Bertz CT molecular complexity index is 1070. The van der Waals surface area contributed by atoms with Crippen molar-refractivity contribution in [2.75, 3.05) is 31.5 Å². The van der Waals surface area contributed by atoms with Gasteiger partial charge in [-0.3, -0.25) is 9.59 Å². The molecule has 33 heavy (non-hydrogen) atoms. The minimum absolute atomic E-state index is 0.102. The highest BCUT2D eigenvalue weighted by atomic mass is 16.5. The molecule has 7 heteroatoms. The van der Waals surface area contributed by atoms with E-state index < -0.39 is 0 Å². The average Bonchev–Trinajstić information content (AvgIpc) is 3.19. The minimum Gasteiger partial charge on any atom is -0.488 e. The van der Waals surface area contributed by atoms with Crippen molar-refractivity contribution in [2.45, 2.75) is 54.1 Å². The molecule has 178 valence electrons. The fourth-order valence-corrected chi connectivity index (χ4v) is 4.09. The number of aromatic amines is 1. The zero-order chi connectivity index (χ0) is 24.3. The summed E-state index contributed by atoms with van der Waals surface area (Å²) in [5.74, 6) is 0.432. The molecule has 2 amide bonds. The number of aromatic nitrogens is 1. The van der Waals surface area contributed by atoms with Crippen LogP contribution in [0.4, 0.5) is 5.69 Å². The van der Waals surface area contributed by atoms with Gasteiger partial charge in [-0.1, -0.05) is 13.8 Å². The number of ether oxygens (including phenoxy) is 1. The molecule has 7 nitrogen and oxygen atoms in total. The normalized spacial score (nSPS) is 14.5. The number of nitrogens with one attached hydrogen (secondary N) is 3. The molecule has 0 bridgehead atoms. The van der Waals surface area contributed by atoms with Gasteiger partial charge in [-0.2, -0.15) is 0 Å². The first-order chi connectivity index (χ1) is 15.5. The van der Waals surface area contributed by atoms with Gasteiger partial charge in [0.15, 0.2) is 0 Å². The number of rotatable bonds is 8. The monoisotopic (exact) mass is 452 g/mol. The predicted molar refractivity (Wildman–Crippen MR) is 134 cm³/mol. The zero-order valence-corrected chi connectivity index (χ0v) is 20.8. The van der Waals surface area contributed by atoms with E-state index in [1.54, 1.807) is 0 Å². The van der Waals surface area contributed by atoms with Crippen molar-refractivity contribution in [1.82, 2.24) is 15.2 Å². The highest BCUT2D eigenvalue weighted by molar-refractivity contribution is 6.35. The Morgan fingerprint density at radius 2 is 1.88 bits per heavy atom. The first kappa shape index (κ1) is 24.6. The van der Waals surface area contributed by atoms with Crippen molar-refractivity contribution in [3.63, 3.8) is 0 Å². The number of hydrogen-bond donors (Lipinski definition) is 3.